The first-order valence-corrected chi connectivity index (χ1v) is 10.9. The monoisotopic (exact) mass is 424 g/mol. The quantitative estimate of drug-likeness (QED) is 0.792. The summed E-state index contributed by atoms with van der Waals surface area (Å²) in [7, 11) is -3.63. The fourth-order valence-corrected chi connectivity index (χ4v) is 5.99. The number of hydrogen-bond acceptors (Lipinski definition) is 4. The van der Waals surface area contributed by atoms with Crippen LogP contribution in [0.15, 0.2) is 40.2 Å². The van der Waals surface area contributed by atoms with Crippen LogP contribution in [0.1, 0.15) is 29.5 Å². The van der Waals surface area contributed by atoms with E-state index in [0.29, 0.717) is 17.4 Å². The third kappa shape index (κ3) is 3.31. The maximum absolute atomic E-state index is 13.0. The fourth-order valence-electron chi connectivity index (χ4n) is 3.92. The topological polar surface area (TPSA) is 72.5 Å². The Morgan fingerprint density at radius 2 is 1.89 bits per heavy atom. The van der Waals surface area contributed by atoms with Gasteiger partial charge in [0.05, 0.1) is 22.2 Å². The number of amidine groups is 1. The van der Waals surface area contributed by atoms with Gasteiger partial charge in [-0.05, 0) is 41.7 Å². The number of hydrogen-bond donors (Lipinski definition) is 1. The Labute approximate surface area is 167 Å². The first kappa shape index (κ1) is 19.3. The fraction of sp³-hybridized carbons (Fsp3) is 0.350. The summed E-state index contributed by atoms with van der Waals surface area (Å²) >= 11 is 6.56. The summed E-state index contributed by atoms with van der Waals surface area (Å²) in [5.74, 6) is -3.08. The Kier molecular flexibility index (Phi) is 4.50. The molecule has 0 saturated heterocycles. The van der Waals surface area contributed by atoms with Crippen molar-refractivity contribution in [3.05, 3.63) is 52.0 Å². The van der Waals surface area contributed by atoms with Gasteiger partial charge in [0, 0.05) is 24.0 Å². The van der Waals surface area contributed by atoms with Crippen LogP contribution in [0.2, 0.25) is 5.02 Å². The Morgan fingerprint density at radius 3 is 2.54 bits per heavy atom. The maximum atomic E-state index is 13.0. The molecule has 0 radical (unpaired) electrons. The minimum atomic E-state index is -3.63. The van der Waals surface area contributed by atoms with Crippen molar-refractivity contribution in [2.45, 2.75) is 37.1 Å². The lowest BCUT2D eigenvalue weighted by Crippen LogP contribution is -2.39. The van der Waals surface area contributed by atoms with Gasteiger partial charge in [-0.2, -0.15) is 0 Å². The molecular weight excluding hydrogens is 406 g/mol. The van der Waals surface area contributed by atoms with Gasteiger partial charge in [-0.15, -0.1) is 0 Å². The van der Waals surface area contributed by atoms with Crippen molar-refractivity contribution in [3.8, 4) is 11.1 Å². The van der Waals surface area contributed by atoms with E-state index in [-0.39, 0.29) is 23.5 Å². The second-order valence-corrected chi connectivity index (χ2v) is 9.96. The van der Waals surface area contributed by atoms with Crippen molar-refractivity contribution in [1.82, 2.24) is 0 Å². The number of nitrogens with zero attached hydrogens (tertiary/aromatic N) is 1. The lowest BCUT2D eigenvalue weighted by molar-refractivity contribution is -0.103. The third-order valence-electron chi connectivity index (χ3n) is 5.38. The lowest BCUT2D eigenvalue weighted by atomic mass is 9.83. The van der Waals surface area contributed by atoms with E-state index in [2.05, 4.69) is 4.99 Å². The van der Waals surface area contributed by atoms with Gasteiger partial charge in [-0.25, -0.2) is 17.2 Å². The maximum Gasteiger partial charge on any atom is 0.248 e. The Hall–Kier alpha value is -1.99. The molecule has 1 aliphatic carbocycles. The highest BCUT2D eigenvalue weighted by Crippen LogP contribution is 2.44. The molecule has 2 aliphatic rings. The zero-order chi connectivity index (χ0) is 20.3. The van der Waals surface area contributed by atoms with E-state index < -0.39 is 21.7 Å². The minimum Gasteiger partial charge on any atom is -0.383 e. The Bertz CT molecular complexity index is 1110. The van der Waals surface area contributed by atoms with Crippen molar-refractivity contribution in [1.29, 1.82) is 0 Å². The van der Waals surface area contributed by atoms with Gasteiger partial charge in [0.15, 0.2) is 9.84 Å². The molecule has 1 saturated carbocycles. The predicted octanol–water partition coefficient (Wildman–Crippen LogP) is 4.35. The molecule has 1 heterocycles. The molecule has 28 heavy (non-hydrogen) atoms. The molecule has 148 valence electrons. The molecule has 2 N–H and O–H groups in total. The molecule has 4 nitrogen and oxygen atoms in total. The van der Waals surface area contributed by atoms with Gasteiger partial charge < -0.3 is 5.73 Å². The molecule has 2 aromatic rings. The second kappa shape index (κ2) is 6.52. The molecule has 0 spiro atoms. The average Bonchev–Trinajstić information content (AvgIpc) is 2.95. The van der Waals surface area contributed by atoms with Crippen LogP contribution < -0.4 is 5.73 Å². The zero-order valence-corrected chi connectivity index (χ0v) is 16.7. The molecule has 1 fully saturated rings. The number of aryl methyl sites for hydroxylation is 1. The van der Waals surface area contributed by atoms with E-state index in [1.165, 1.54) is 6.07 Å². The average molecular weight is 425 g/mol. The van der Waals surface area contributed by atoms with Gasteiger partial charge in [0.1, 0.15) is 5.84 Å². The van der Waals surface area contributed by atoms with Crippen LogP contribution in [-0.2, 0) is 16.4 Å². The van der Waals surface area contributed by atoms with Gasteiger partial charge in [0.2, 0.25) is 5.92 Å². The second-order valence-electron chi connectivity index (χ2n) is 7.55. The number of aliphatic imine (C=N–C) groups is 1. The molecular formula is C20H19ClF2N2O2S. The number of halogens is 3. The van der Waals surface area contributed by atoms with Gasteiger partial charge in [-0.3, -0.25) is 4.99 Å². The molecule has 8 heteroatoms. The molecule has 0 unspecified atom stereocenters. The van der Waals surface area contributed by atoms with E-state index in [1.807, 2.05) is 12.1 Å². The lowest BCUT2D eigenvalue weighted by Gasteiger charge is -2.34. The first-order valence-electron chi connectivity index (χ1n) is 8.91. The summed E-state index contributed by atoms with van der Waals surface area (Å²) in [6.45, 7) is 2.30. The summed E-state index contributed by atoms with van der Waals surface area (Å²) in [6.07, 6.45) is -0.728. The summed E-state index contributed by atoms with van der Waals surface area (Å²) in [5.41, 5.74) is 9.89. The molecule has 2 aromatic carbocycles. The first-order chi connectivity index (χ1) is 13.1. The van der Waals surface area contributed by atoms with Crippen LogP contribution in [0.4, 0.5) is 8.78 Å². The molecule has 4 rings (SSSR count). The molecule has 0 atom stereocenters. The number of nitrogens with two attached hydrogens (primary N) is 1. The van der Waals surface area contributed by atoms with E-state index in [9.17, 15) is 17.2 Å². The normalized spacial score (nSPS) is 18.5. The van der Waals surface area contributed by atoms with Crippen molar-refractivity contribution >= 4 is 27.3 Å². The highest BCUT2D eigenvalue weighted by molar-refractivity contribution is 7.91. The summed E-state index contributed by atoms with van der Waals surface area (Å²) in [5, 5.41) is 0.492. The smallest absolute Gasteiger partial charge is 0.248 e. The highest BCUT2D eigenvalue weighted by Gasteiger charge is 2.46. The SMILES string of the molecule is Cc1cc(S(=O)(=O)CC2CC(F)(F)C2)ccc1-c1ccc2c(c1Cl)C(N)=NC2. The van der Waals surface area contributed by atoms with Crippen LogP contribution in [0.25, 0.3) is 11.1 Å². The van der Waals surface area contributed by atoms with Crippen molar-refractivity contribution < 1.29 is 17.2 Å². The van der Waals surface area contributed by atoms with Gasteiger partial charge in [-0.1, -0.05) is 29.8 Å². The highest BCUT2D eigenvalue weighted by atomic mass is 35.5. The number of fused-ring (bicyclic) bond motifs is 1. The van der Waals surface area contributed by atoms with Crippen LogP contribution >= 0.6 is 11.6 Å². The molecule has 1 aliphatic heterocycles. The number of alkyl halides is 2. The summed E-state index contributed by atoms with van der Waals surface area (Å²) in [6, 6.07) is 8.58. The van der Waals surface area contributed by atoms with E-state index >= 15 is 0 Å². The van der Waals surface area contributed by atoms with Crippen molar-refractivity contribution in [2.75, 3.05) is 5.75 Å². The van der Waals surface area contributed by atoms with Crippen molar-refractivity contribution in [2.24, 2.45) is 16.6 Å². The Balaban J connectivity index is 1.64. The minimum absolute atomic E-state index is 0.141. The largest absolute Gasteiger partial charge is 0.383 e. The van der Waals surface area contributed by atoms with Crippen molar-refractivity contribution in [3.63, 3.8) is 0 Å². The number of sulfone groups is 1. The summed E-state index contributed by atoms with van der Waals surface area (Å²) in [4.78, 5) is 4.34. The molecule has 0 aromatic heterocycles. The Morgan fingerprint density at radius 1 is 1.21 bits per heavy atom. The van der Waals surface area contributed by atoms with E-state index in [1.54, 1.807) is 19.1 Å². The van der Waals surface area contributed by atoms with Crippen LogP contribution in [-0.4, -0.2) is 25.9 Å². The van der Waals surface area contributed by atoms with Gasteiger partial charge >= 0.3 is 0 Å². The third-order valence-corrected chi connectivity index (χ3v) is 7.66. The molecule has 0 bridgehead atoms. The van der Waals surface area contributed by atoms with Crippen LogP contribution in [0, 0.1) is 12.8 Å². The summed E-state index contributed by atoms with van der Waals surface area (Å²) < 4.78 is 51.2. The number of benzene rings is 2. The zero-order valence-electron chi connectivity index (χ0n) is 15.2. The number of rotatable bonds is 4. The van der Waals surface area contributed by atoms with E-state index in [0.717, 1.165) is 27.8 Å². The predicted molar refractivity (Wildman–Crippen MR) is 106 cm³/mol. The van der Waals surface area contributed by atoms with E-state index in [4.69, 9.17) is 17.3 Å². The standard InChI is InChI=1S/C20H19ClF2N2O2S/c1-11-6-14(28(26,27)10-12-7-20(22,23)8-12)3-5-15(11)16-4-2-13-9-25-19(24)17(13)18(16)21/h2-6,12H,7-10H2,1H3,(H2,24,25). The molecule has 0 amide bonds. The van der Waals surface area contributed by atoms with Gasteiger partial charge in [0.25, 0.3) is 0 Å². The van der Waals surface area contributed by atoms with Crippen LogP contribution in [0.3, 0.4) is 0 Å². The van der Waals surface area contributed by atoms with Crippen LogP contribution in [0.5, 0.6) is 0 Å².